The van der Waals surface area contributed by atoms with Crippen LogP contribution in [0.15, 0.2) is 77.6 Å². The molecular formula is C27H26FN3O2. The van der Waals surface area contributed by atoms with Crippen LogP contribution in [0.4, 0.5) is 9.18 Å². The summed E-state index contributed by atoms with van der Waals surface area (Å²) < 4.78 is 13.4. The number of halogens is 1. The average molecular weight is 444 g/mol. The number of aromatic amines is 1. The van der Waals surface area contributed by atoms with E-state index in [2.05, 4.69) is 10.3 Å². The van der Waals surface area contributed by atoms with Crippen molar-refractivity contribution < 1.29 is 9.18 Å². The molecular weight excluding hydrogens is 417 g/mol. The quantitative estimate of drug-likeness (QED) is 0.430. The summed E-state index contributed by atoms with van der Waals surface area (Å²) >= 11 is 0. The molecule has 0 fully saturated rings. The van der Waals surface area contributed by atoms with E-state index in [9.17, 15) is 14.0 Å². The zero-order valence-electron chi connectivity index (χ0n) is 18.7. The second-order valence-corrected chi connectivity index (χ2v) is 8.27. The van der Waals surface area contributed by atoms with E-state index in [1.54, 1.807) is 17.0 Å². The van der Waals surface area contributed by atoms with E-state index in [1.807, 2.05) is 62.4 Å². The Hall–Kier alpha value is -3.93. The fourth-order valence-corrected chi connectivity index (χ4v) is 3.74. The molecule has 33 heavy (non-hydrogen) atoms. The van der Waals surface area contributed by atoms with Gasteiger partial charge < -0.3 is 15.2 Å². The summed E-state index contributed by atoms with van der Waals surface area (Å²) in [6.45, 7) is 4.76. The highest BCUT2D eigenvalue weighted by Gasteiger charge is 2.17. The maximum Gasteiger partial charge on any atom is 0.318 e. The van der Waals surface area contributed by atoms with Gasteiger partial charge in [-0.3, -0.25) is 4.79 Å². The lowest BCUT2D eigenvalue weighted by Crippen LogP contribution is -2.39. The van der Waals surface area contributed by atoms with E-state index in [0.717, 1.165) is 33.2 Å². The number of nitrogens with zero attached hydrogens (tertiary/aromatic N) is 1. The number of carbonyl (C=O) groups excluding carboxylic acids is 1. The van der Waals surface area contributed by atoms with E-state index >= 15 is 0 Å². The largest absolute Gasteiger partial charge is 0.334 e. The number of amides is 2. The Morgan fingerprint density at radius 3 is 2.33 bits per heavy atom. The molecule has 4 rings (SSSR count). The number of H-pyrrole nitrogens is 1. The van der Waals surface area contributed by atoms with Crippen LogP contribution in [0.25, 0.3) is 10.9 Å². The summed E-state index contributed by atoms with van der Waals surface area (Å²) in [6, 6.07) is 21.1. The molecule has 0 aliphatic heterocycles. The number of carbonyl (C=O) groups is 1. The van der Waals surface area contributed by atoms with Crippen molar-refractivity contribution in [2.45, 2.75) is 33.5 Å². The van der Waals surface area contributed by atoms with Crippen molar-refractivity contribution in [3.8, 4) is 0 Å². The first kappa shape index (κ1) is 22.3. The van der Waals surface area contributed by atoms with Crippen molar-refractivity contribution >= 4 is 16.9 Å². The molecule has 0 saturated carbocycles. The van der Waals surface area contributed by atoms with Crippen LogP contribution in [0.1, 0.15) is 27.8 Å². The number of urea groups is 1. The summed E-state index contributed by atoms with van der Waals surface area (Å²) in [5.74, 6) is -0.338. The van der Waals surface area contributed by atoms with Crippen LogP contribution in [0, 0.1) is 19.7 Å². The van der Waals surface area contributed by atoms with Crippen molar-refractivity contribution in [1.29, 1.82) is 0 Å². The van der Waals surface area contributed by atoms with Crippen LogP contribution in [0.5, 0.6) is 0 Å². The average Bonchev–Trinajstić information content (AvgIpc) is 2.81. The van der Waals surface area contributed by atoms with E-state index < -0.39 is 0 Å². The summed E-state index contributed by atoms with van der Waals surface area (Å²) in [4.78, 5) is 30.4. The van der Waals surface area contributed by atoms with Gasteiger partial charge in [-0.25, -0.2) is 9.18 Å². The van der Waals surface area contributed by atoms with Gasteiger partial charge in [0.1, 0.15) is 5.82 Å². The van der Waals surface area contributed by atoms with Gasteiger partial charge in [0, 0.05) is 24.2 Å². The fraction of sp³-hybridized carbons (Fsp3) is 0.185. The smallest absolute Gasteiger partial charge is 0.318 e. The van der Waals surface area contributed by atoms with Crippen molar-refractivity contribution in [3.05, 3.63) is 117 Å². The Morgan fingerprint density at radius 2 is 1.61 bits per heavy atom. The number of aryl methyl sites for hydroxylation is 2. The summed E-state index contributed by atoms with van der Waals surface area (Å²) in [5, 5.41) is 3.84. The molecule has 0 bridgehead atoms. The van der Waals surface area contributed by atoms with Gasteiger partial charge >= 0.3 is 6.03 Å². The van der Waals surface area contributed by atoms with Gasteiger partial charge in [-0.05, 0) is 71.8 Å². The van der Waals surface area contributed by atoms with Crippen LogP contribution in [-0.4, -0.2) is 15.9 Å². The van der Waals surface area contributed by atoms with Crippen molar-refractivity contribution in [2.75, 3.05) is 0 Å². The van der Waals surface area contributed by atoms with E-state index in [0.29, 0.717) is 12.1 Å². The number of hydrogen-bond acceptors (Lipinski definition) is 2. The third kappa shape index (κ3) is 5.47. The molecule has 1 aromatic heterocycles. The van der Waals surface area contributed by atoms with E-state index in [1.165, 1.54) is 12.1 Å². The van der Waals surface area contributed by atoms with Crippen LogP contribution < -0.4 is 10.9 Å². The number of benzene rings is 3. The molecule has 0 spiro atoms. The van der Waals surface area contributed by atoms with Gasteiger partial charge in [0.15, 0.2) is 0 Å². The molecule has 2 N–H and O–H groups in total. The zero-order chi connectivity index (χ0) is 23.4. The van der Waals surface area contributed by atoms with Crippen molar-refractivity contribution in [3.63, 3.8) is 0 Å². The minimum Gasteiger partial charge on any atom is -0.334 e. The molecule has 1 heterocycles. The SMILES string of the molecule is Cc1cc2cc(CN(Cc3ccc(F)cc3)C(=O)NCc3ccccc3)c(=O)[nH]c2cc1C. The molecule has 4 aromatic rings. The van der Waals surface area contributed by atoms with Gasteiger partial charge in [0.05, 0.1) is 6.54 Å². The summed E-state index contributed by atoms with van der Waals surface area (Å²) in [6.07, 6.45) is 0. The van der Waals surface area contributed by atoms with Gasteiger partial charge in [-0.15, -0.1) is 0 Å². The minimum atomic E-state index is -0.338. The highest BCUT2D eigenvalue weighted by atomic mass is 19.1. The number of hydrogen-bond donors (Lipinski definition) is 2. The molecule has 0 aliphatic rings. The minimum absolute atomic E-state index is 0.121. The van der Waals surface area contributed by atoms with E-state index in [4.69, 9.17) is 0 Å². The standard InChI is InChI=1S/C27H26FN3O2/c1-18-12-22-14-23(26(32)30-25(22)13-19(18)2)17-31(16-21-8-10-24(28)11-9-21)27(33)29-15-20-6-4-3-5-7-20/h3-14H,15-17H2,1-2H3,(H,29,33)(H,30,32). The van der Waals surface area contributed by atoms with Crippen molar-refractivity contribution in [2.24, 2.45) is 0 Å². The lowest BCUT2D eigenvalue weighted by atomic mass is 10.0. The molecule has 5 nitrogen and oxygen atoms in total. The van der Waals surface area contributed by atoms with Gasteiger partial charge in [-0.2, -0.15) is 0 Å². The number of fused-ring (bicyclic) bond motifs is 1. The maximum atomic E-state index is 13.4. The van der Waals surface area contributed by atoms with Gasteiger partial charge in [0.2, 0.25) is 0 Å². The molecule has 3 aromatic carbocycles. The molecule has 0 saturated heterocycles. The predicted molar refractivity (Wildman–Crippen MR) is 128 cm³/mol. The first-order chi connectivity index (χ1) is 15.9. The number of rotatable bonds is 6. The molecule has 168 valence electrons. The summed E-state index contributed by atoms with van der Waals surface area (Å²) in [5.41, 5.74) is 5.00. The third-order valence-electron chi connectivity index (χ3n) is 5.76. The van der Waals surface area contributed by atoms with E-state index in [-0.39, 0.29) is 30.5 Å². The molecule has 0 radical (unpaired) electrons. The number of pyridine rings is 1. The Morgan fingerprint density at radius 1 is 0.909 bits per heavy atom. The lowest BCUT2D eigenvalue weighted by Gasteiger charge is -2.23. The van der Waals surface area contributed by atoms with Gasteiger partial charge in [-0.1, -0.05) is 42.5 Å². The highest BCUT2D eigenvalue weighted by molar-refractivity contribution is 5.81. The van der Waals surface area contributed by atoms with Crippen molar-refractivity contribution in [1.82, 2.24) is 15.2 Å². The number of aromatic nitrogens is 1. The predicted octanol–water partition coefficient (Wildman–Crippen LogP) is 5.20. The normalized spacial score (nSPS) is 10.9. The van der Waals surface area contributed by atoms with Crippen LogP contribution >= 0.6 is 0 Å². The Bertz CT molecular complexity index is 1330. The molecule has 0 aliphatic carbocycles. The first-order valence-corrected chi connectivity index (χ1v) is 10.8. The third-order valence-corrected chi connectivity index (χ3v) is 5.76. The molecule has 0 unspecified atom stereocenters. The Kier molecular flexibility index (Phi) is 6.54. The molecule has 0 atom stereocenters. The fourth-order valence-electron chi connectivity index (χ4n) is 3.74. The van der Waals surface area contributed by atoms with Crippen LogP contribution in [0.2, 0.25) is 0 Å². The first-order valence-electron chi connectivity index (χ1n) is 10.8. The van der Waals surface area contributed by atoms with Crippen LogP contribution in [0.3, 0.4) is 0 Å². The lowest BCUT2D eigenvalue weighted by molar-refractivity contribution is 0.191. The van der Waals surface area contributed by atoms with Gasteiger partial charge in [0.25, 0.3) is 5.56 Å². The summed E-state index contributed by atoms with van der Waals surface area (Å²) in [7, 11) is 0. The monoisotopic (exact) mass is 443 g/mol. The second-order valence-electron chi connectivity index (χ2n) is 8.27. The van der Waals surface area contributed by atoms with Crippen LogP contribution in [-0.2, 0) is 19.6 Å². The zero-order valence-corrected chi connectivity index (χ0v) is 18.7. The number of nitrogens with one attached hydrogen (secondary N) is 2. The molecule has 2 amide bonds. The molecule has 6 heteroatoms. The second kappa shape index (κ2) is 9.69. The Labute approximate surface area is 191 Å². The maximum absolute atomic E-state index is 13.4. The highest BCUT2D eigenvalue weighted by Crippen LogP contribution is 2.18. The topological polar surface area (TPSA) is 65.2 Å². The Balaban J connectivity index is 1.61.